The second-order valence-corrected chi connectivity index (χ2v) is 3.60. The van der Waals surface area contributed by atoms with Crippen molar-refractivity contribution in [2.24, 2.45) is 5.73 Å². The van der Waals surface area contributed by atoms with Crippen LogP contribution in [0.5, 0.6) is 5.75 Å². The summed E-state index contributed by atoms with van der Waals surface area (Å²) < 4.78 is 5.31. The van der Waals surface area contributed by atoms with E-state index in [9.17, 15) is 0 Å². The second kappa shape index (κ2) is 3.38. The highest BCUT2D eigenvalue weighted by Gasteiger charge is 2.18. The molecular formula is C11H15NO. The molecule has 2 N–H and O–H groups in total. The van der Waals surface area contributed by atoms with Crippen LogP contribution in [0.2, 0.25) is 0 Å². The topological polar surface area (TPSA) is 35.2 Å². The van der Waals surface area contributed by atoms with Gasteiger partial charge in [-0.25, -0.2) is 0 Å². The Morgan fingerprint density at radius 1 is 1.46 bits per heavy atom. The molecule has 13 heavy (non-hydrogen) atoms. The quantitative estimate of drug-likeness (QED) is 0.705. The smallest absolute Gasteiger partial charge is 0.122 e. The lowest BCUT2D eigenvalue weighted by Gasteiger charge is -2.23. The maximum absolute atomic E-state index is 5.92. The van der Waals surface area contributed by atoms with E-state index in [1.807, 2.05) is 6.07 Å². The number of benzene rings is 1. The Hall–Kier alpha value is -1.02. The average Bonchev–Trinajstić information content (AvgIpc) is 2.17. The van der Waals surface area contributed by atoms with Gasteiger partial charge in [-0.3, -0.25) is 0 Å². The van der Waals surface area contributed by atoms with Crippen LogP contribution in [-0.4, -0.2) is 13.2 Å². The van der Waals surface area contributed by atoms with Crippen LogP contribution in [-0.2, 0) is 12.8 Å². The number of methoxy groups -OCH3 is 1. The zero-order valence-corrected chi connectivity index (χ0v) is 7.92. The molecule has 2 nitrogen and oxygen atoms in total. The third-order valence-electron chi connectivity index (χ3n) is 2.70. The molecule has 1 atom stereocenters. The summed E-state index contributed by atoms with van der Waals surface area (Å²) in [7, 11) is 1.72. The van der Waals surface area contributed by atoms with E-state index in [4.69, 9.17) is 10.5 Å². The van der Waals surface area contributed by atoms with Crippen molar-refractivity contribution in [3.05, 3.63) is 29.3 Å². The van der Waals surface area contributed by atoms with Crippen LogP contribution in [0.25, 0.3) is 0 Å². The second-order valence-electron chi connectivity index (χ2n) is 3.60. The molecule has 0 fully saturated rings. The lowest BCUT2D eigenvalue weighted by Crippen LogP contribution is -2.28. The van der Waals surface area contributed by atoms with Crippen LogP contribution in [0.15, 0.2) is 18.2 Å². The van der Waals surface area contributed by atoms with Gasteiger partial charge in [0, 0.05) is 6.04 Å². The van der Waals surface area contributed by atoms with Gasteiger partial charge in [-0.15, -0.1) is 0 Å². The summed E-state index contributed by atoms with van der Waals surface area (Å²) in [5.74, 6) is 0.993. The van der Waals surface area contributed by atoms with Gasteiger partial charge in [0.1, 0.15) is 5.75 Å². The van der Waals surface area contributed by atoms with Crippen LogP contribution in [0.4, 0.5) is 0 Å². The van der Waals surface area contributed by atoms with Crippen LogP contribution in [0, 0.1) is 0 Å². The maximum Gasteiger partial charge on any atom is 0.122 e. The highest BCUT2D eigenvalue weighted by atomic mass is 16.5. The number of rotatable bonds is 1. The van der Waals surface area contributed by atoms with Crippen molar-refractivity contribution in [3.8, 4) is 5.75 Å². The Kier molecular flexibility index (Phi) is 2.23. The predicted molar refractivity (Wildman–Crippen MR) is 53.0 cm³/mol. The molecule has 0 radical (unpaired) electrons. The van der Waals surface area contributed by atoms with E-state index in [1.165, 1.54) is 11.1 Å². The minimum atomic E-state index is 0.309. The highest BCUT2D eigenvalue weighted by Crippen LogP contribution is 2.28. The number of hydrogen-bond acceptors (Lipinski definition) is 2. The third kappa shape index (κ3) is 1.54. The van der Waals surface area contributed by atoms with Crippen molar-refractivity contribution >= 4 is 0 Å². The molecule has 0 unspecified atom stereocenters. The summed E-state index contributed by atoms with van der Waals surface area (Å²) in [5.41, 5.74) is 8.63. The maximum atomic E-state index is 5.92. The van der Waals surface area contributed by atoms with Crippen molar-refractivity contribution in [2.75, 3.05) is 7.11 Å². The minimum absolute atomic E-state index is 0.309. The van der Waals surface area contributed by atoms with E-state index in [2.05, 4.69) is 12.1 Å². The molecule has 0 saturated heterocycles. The summed E-state index contributed by atoms with van der Waals surface area (Å²) in [6.45, 7) is 0. The first-order valence-electron chi connectivity index (χ1n) is 4.71. The number of nitrogens with two attached hydrogens (primary N) is 1. The van der Waals surface area contributed by atoms with E-state index in [1.54, 1.807) is 7.11 Å². The first-order chi connectivity index (χ1) is 6.31. The summed E-state index contributed by atoms with van der Waals surface area (Å²) in [4.78, 5) is 0. The van der Waals surface area contributed by atoms with Crippen LogP contribution in [0.3, 0.4) is 0 Å². The van der Waals surface area contributed by atoms with Gasteiger partial charge in [-0.1, -0.05) is 12.1 Å². The van der Waals surface area contributed by atoms with Gasteiger partial charge in [0.05, 0.1) is 7.11 Å². The fraction of sp³-hybridized carbons (Fsp3) is 0.455. The molecule has 2 heteroatoms. The SMILES string of the molecule is COc1cccc2c1C[C@@H](N)CC2. The zero-order chi connectivity index (χ0) is 9.26. The first kappa shape index (κ1) is 8.57. The monoisotopic (exact) mass is 177 g/mol. The molecule has 0 aliphatic heterocycles. The largest absolute Gasteiger partial charge is 0.496 e. The number of hydrogen-bond donors (Lipinski definition) is 1. The molecule has 0 aromatic heterocycles. The molecule has 1 aliphatic rings. The Morgan fingerprint density at radius 2 is 2.31 bits per heavy atom. The molecule has 0 heterocycles. The normalized spacial score (nSPS) is 20.9. The summed E-state index contributed by atoms with van der Waals surface area (Å²) in [6.07, 6.45) is 3.15. The lowest BCUT2D eigenvalue weighted by molar-refractivity contribution is 0.403. The van der Waals surface area contributed by atoms with Crippen molar-refractivity contribution < 1.29 is 4.74 Å². The van der Waals surface area contributed by atoms with Crippen molar-refractivity contribution in [2.45, 2.75) is 25.3 Å². The van der Waals surface area contributed by atoms with Gasteiger partial charge in [0.2, 0.25) is 0 Å². The molecule has 1 aliphatic carbocycles. The third-order valence-corrected chi connectivity index (χ3v) is 2.70. The summed E-state index contributed by atoms with van der Waals surface area (Å²) in [5, 5.41) is 0. The number of aryl methyl sites for hydroxylation is 1. The Labute approximate surface area is 78.7 Å². The average molecular weight is 177 g/mol. The van der Waals surface area contributed by atoms with Crippen molar-refractivity contribution in [3.63, 3.8) is 0 Å². The zero-order valence-electron chi connectivity index (χ0n) is 7.92. The Morgan fingerprint density at radius 3 is 3.08 bits per heavy atom. The molecule has 0 amide bonds. The van der Waals surface area contributed by atoms with E-state index in [0.717, 1.165) is 25.0 Å². The molecule has 70 valence electrons. The molecule has 1 aromatic carbocycles. The molecule has 0 bridgehead atoms. The standard InChI is InChI=1S/C11H15NO/c1-13-11-4-2-3-8-5-6-9(12)7-10(8)11/h2-4,9H,5-7,12H2,1H3/t9-/m0/s1. The minimum Gasteiger partial charge on any atom is -0.496 e. The van der Waals surface area contributed by atoms with Gasteiger partial charge >= 0.3 is 0 Å². The van der Waals surface area contributed by atoms with E-state index >= 15 is 0 Å². The van der Waals surface area contributed by atoms with Gasteiger partial charge in [-0.05, 0) is 36.5 Å². The Balaban J connectivity index is 2.41. The van der Waals surface area contributed by atoms with E-state index < -0.39 is 0 Å². The van der Waals surface area contributed by atoms with Crippen LogP contribution in [0.1, 0.15) is 17.5 Å². The van der Waals surface area contributed by atoms with Gasteiger partial charge in [0.15, 0.2) is 0 Å². The van der Waals surface area contributed by atoms with Crippen molar-refractivity contribution in [1.29, 1.82) is 0 Å². The van der Waals surface area contributed by atoms with Gasteiger partial charge in [0.25, 0.3) is 0 Å². The van der Waals surface area contributed by atoms with Crippen LogP contribution < -0.4 is 10.5 Å². The fourth-order valence-corrected chi connectivity index (χ4v) is 1.97. The van der Waals surface area contributed by atoms with Crippen molar-refractivity contribution in [1.82, 2.24) is 0 Å². The highest BCUT2D eigenvalue weighted by molar-refractivity contribution is 5.42. The molecule has 1 aromatic rings. The number of fused-ring (bicyclic) bond motifs is 1. The number of ether oxygens (including phenoxy) is 1. The fourth-order valence-electron chi connectivity index (χ4n) is 1.97. The predicted octanol–water partition coefficient (Wildman–Crippen LogP) is 1.51. The lowest BCUT2D eigenvalue weighted by atomic mass is 9.88. The van der Waals surface area contributed by atoms with Gasteiger partial charge in [-0.2, -0.15) is 0 Å². The molecular weight excluding hydrogens is 162 g/mol. The van der Waals surface area contributed by atoms with E-state index in [0.29, 0.717) is 6.04 Å². The summed E-state index contributed by atoms with van der Waals surface area (Å²) >= 11 is 0. The van der Waals surface area contributed by atoms with Gasteiger partial charge < -0.3 is 10.5 Å². The van der Waals surface area contributed by atoms with Crippen LogP contribution >= 0.6 is 0 Å². The molecule has 0 spiro atoms. The first-order valence-corrected chi connectivity index (χ1v) is 4.71. The molecule has 2 rings (SSSR count). The van der Waals surface area contributed by atoms with E-state index in [-0.39, 0.29) is 0 Å². The summed E-state index contributed by atoms with van der Waals surface area (Å²) in [6, 6.07) is 6.54. The Bertz CT molecular complexity index is 295. The molecule has 0 saturated carbocycles.